The molecule has 2 aromatic carbocycles. The Hall–Kier alpha value is -3.65. The lowest BCUT2D eigenvalue weighted by Crippen LogP contribution is -2.56. The van der Waals surface area contributed by atoms with Crippen LogP contribution in [-0.2, 0) is 0 Å². The second-order valence-electron chi connectivity index (χ2n) is 9.14. The van der Waals surface area contributed by atoms with Gasteiger partial charge in [-0.05, 0) is 72.9 Å². The molecular formula is C26H27FN4O3. The highest BCUT2D eigenvalue weighted by molar-refractivity contribution is 5.95. The van der Waals surface area contributed by atoms with Crippen LogP contribution in [0, 0.1) is 12.7 Å². The van der Waals surface area contributed by atoms with E-state index in [0.717, 1.165) is 11.1 Å². The van der Waals surface area contributed by atoms with E-state index in [0.29, 0.717) is 49.4 Å². The van der Waals surface area contributed by atoms with E-state index in [1.54, 1.807) is 57.9 Å². The van der Waals surface area contributed by atoms with Crippen molar-refractivity contribution in [3.8, 4) is 11.1 Å². The van der Waals surface area contributed by atoms with Gasteiger partial charge in [0, 0.05) is 24.8 Å². The third-order valence-electron chi connectivity index (χ3n) is 6.75. The Morgan fingerprint density at radius 1 is 1.09 bits per heavy atom. The average molecular weight is 463 g/mol. The predicted molar refractivity (Wildman–Crippen MR) is 126 cm³/mol. The maximum atomic E-state index is 13.6. The summed E-state index contributed by atoms with van der Waals surface area (Å²) in [5, 5.41) is 11.2. The molecule has 2 amide bonds. The number of amides is 2. The van der Waals surface area contributed by atoms with E-state index in [4.69, 9.17) is 0 Å². The quantitative estimate of drug-likeness (QED) is 0.624. The monoisotopic (exact) mass is 462 g/mol. The molecule has 0 saturated carbocycles. The van der Waals surface area contributed by atoms with E-state index in [1.807, 2.05) is 18.2 Å². The van der Waals surface area contributed by atoms with Crippen molar-refractivity contribution in [3.05, 3.63) is 83.4 Å². The third kappa shape index (κ3) is 4.17. The number of piperidine rings is 1. The Morgan fingerprint density at radius 2 is 1.85 bits per heavy atom. The standard InChI is InChI=1S/C26H27FN4O3/c1-18-14-20(7-8-22(18)27)19-4-2-5-21(15-19)24(32)29-12-9-26(34,10-13-29)16-30-17-28-31-11-3-6-23(31)25(30)33/h2-8,11,14-15,28,34H,9-10,12-13,16-17H2,1H3. The molecule has 0 atom stereocenters. The highest BCUT2D eigenvalue weighted by atomic mass is 19.1. The molecule has 0 bridgehead atoms. The lowest BCUT2D eigenvalue weighted by Gasteiger charge is -2.42. The van der Waals surface area contributed by atoms with Crippen molar-refractivity contribution in [2.24, 2.45) is 0 Å². The van der Waals surface area contributed by atoms with Gasteiger partial charge in [-0.15, -0.1) is 0 Å². The van der Waals surface area contributed by atoms with Crippen LogP contribution < -0.4 is 5.43 Å². The van der Waals surface area contributed by atoms with Crippen LogP contribution in [0.2, 0.25) is 0 Å². The molecule has 0 aliphatic carbocycles. The maximum absolute atomic E-state index is 13.6. The van der Waals surface area contributed by atoms with Gasteiger partial charge in [-0.25, -0.2) is 4.39 Å². The molecule has 7 nitrogen and oxygen atoms in total. The number of aromatic nitrogens is 1. The van der Waals surface area contributed by atoms with Gasteiger partial charge in [-0.3, -0.25) is 14.3 Å². The minimum absolute atomic E-state index is 0.101. The summed E-state index contributed by atoms with van der Waals surface area (Å²) in [5.41, 5.74) is 5.44. The second-order valence-corrected chi connectivity index (χ2v) is 9.14. The zero-order valence-corrected chi connectivity index (χ0v) is 19.0. The molecule has 8 heteroatoms. The summed E-state index contributed by atoms with van der Waals surface area (Å²) >= 11 is 0. The van der Waals surface area contributed by atoms with Gasteiger partial charge in [0.2, 0.25) is 0 Å². The summed E-state index contributed by atoms with van der Waals surface area (Å²) in [6.07, 6.45) is 2.57. The van der Waals surface area contributed by atoms with Gasteiger partial charge in [0.05, 0.1) is 12.1 Å². The zero-order valence-electron chi connectivity index (χ0n) is 19.0. The predicted octanol–water partition coefficient (Wildman–Crippen LogP) is 3.23. The molecule has 1 fully saturated rings. The SMILES string of the molecule is Cc1cc(-c2cccc(C(=O)N3CCC(O)(CN4CNn5cccc5C4=O)CC3)c2)ccc1F. The molecule has 176 valence electrons. The van der Waals surface area contributed by atoms with Gasteiger partial charge in [0.25, 0.3) is 11.8 Å². The first-order valence-electron chi connectivity index (χ1n) is 11.4. The minimum Gasteiger partial charge on any atom is -0.388 e. The third-order valence-corrected chi connectivity index (χ3v) is 6.75. The maximum Gasteiger partial charge on any atom is 0.273 e. The lowest BCUT2D eigenvalue weighted by atomic mass is 9.90. The number of carbonyl (C=O) groups excluding carboxylic acids is 2. The van der Waals surface area contributed by atoms with Gasteiger partial charge >= 0.3 is 0 Å². The normalized spacial score (nSPS) is 17.3. The van der Waals surface area contributed by atoms with Crippen LogP contribution in [0.25, 0.3) is 11.1 Å². The molecule has 1 saturated heterocycles. The summed E-state index contributed by atoms with van der Waals surface area (Å²) in [7, 11) is 0. The number of halogens is 1. The number of hydrogen-bond acceptors (Lipinski definition) is 4. The van der Waals surface area contributed by atoms with Crippen molar-refractivity contribution in [1.29, 1.82) is 0 Å². The summed E-state index contributed by atoms with van der Waals surface area (Å²) < 4.78 is 15.3. The van der Waals surface area contributed by atoms with Crippen molar-refractivity contribution in [1.82, 2.24) is 14.5 Å². The summed E-state index contributed by atoms with van der Waals surface area (Å²) in [4.78, 5) is 29.2. The fraction of sp³-hybridized carbons (Fsp3) is 0.308. The number of β-amino-alcohol motifs (C(OH)–C–C–N with tert-alkyl or cyclic N) is 1. The van der Waals surface area contributed by atoms with Crippen molar-refractivity contribution < 1.29 is 19.1 Å². The van der Waals surface area contributed by atoms with E-state index in [9.17, 15) is 19.1 Å². The smallest absolute Gasteiger partial charge is 0.273 e. The van der Waals surface area contributed by atoms with E-state index >= 15 is 0 Å². The van der Waals surface area contributed by atoms with Gasteiger partial charge in [0.1, 0.15) is 18.2 Å². The van der Waals surface area contributed by atoms with Crippen LogP contribution in [0.1, 0.15) is 39.3 Å². The van der Waals surface area contributed by atoms with Crippen LogP contribution >= 0.6 is 0 Å². The molecule has 2 aliphatic heterocycles. The fourth-order valence-electron chi connectivity index (χ4n) is 4.69. The van der Waals surface area contributed by atoms with Crippen molar-refractivity contribution >= 4 is 11.8 Å². The first kappa shape index (κ1) is 22.2. The van der Waals surface area contributed by atoms with Gasteiger partial charge in [-0.2, -0.15) is 0 Å². The van der Waals surface area contributed by atoms with Crippen LogP contribution in [0.15, 0.2) is 60.8 Å². The van der Waals surface area contributed by atoms with E-state index in [1.165, 1.54) is 6.07 Å². The first-order valence-corrected chi connectivity index (χ1v) is 11.4. The number of aliphatic hydroxyl groups is 1. The topological polar surface area (TPSA) is 77.8 Å². The molecule has 0 unspecified atom stereocenters. The number of fused-ring (bicyclic) bond motifs is 1. The number of benzene rings is 2. The Morgan fingerprint density at radius 3 is 2.62 bits per heavy atom. The van der Waals surface area contributed by atoms with Crippen LogP contribution in [0.3, 0.4) is 0 Å². The number of hydrogen-bond donors (Lipinski definition) is 2. The van der Waals surface area contributed by atoms with E-state index in [2.05, 4.69) is 5.43 Å². The number of aryl methyl sites for hydroxylation is 1. The lowest BCUT2D eigenvalue weighted by molar-refractivity contribution is -0.0369. The molecule has 3 aromatic rings. The van der Waals surface area contributed by atoms with Crippen LogP contribution in [0.4, 0.5) is 4.39 Å². The molecule has 2 aliphatic rings. The first-order chi connectivity index (χ1) is 16.3. The number of likely N-dealkylation sites (tertiary alicyclic amines) is 1. The van der Waals surface area contributed by atoms with Crippen molar-refractivity contribution in [2.75, 3.05) is 31.7 Å². The largest absolute Gasteiger partial charge is 0.388 e. The van der Waals surface area contributed by atoms with E-state index in [-0.39, 0.29) is 24.2 Å². The zero-order chi connectivity index (χ0) is 23.9. The highest BCUT2D eigenvalue weighted by Gasteiger charge is 2.38. The van der Waals surface area contributed by atoms with Crippen LogP contribution in [0.5, 0.6) is 0 Å². The Bertz CT molecular complexity index is 1250. The number of nitrogens with one attached hydrogen (secondary N) is 1. The fourth-order valence-corrected chi connectivity index (χ4v) is 4.69. The molecule has 3 heterocycles. The van der Waals surface area contributed by atoms with E-state index < -0.39 is 5.60 Å². The second kappa shape index (κ2) is 8.61. The molecule has 5 rings (SSSR count). The van der Waals surface area contributed by atoms with Gasteiger partial charge in [-0.1, -0.05) is 18.2 Å². The Kier molecular flexibility index (Phi) is 5.61. The summed E-state index contributed by atoms with van der Waals surface area (Å²) in [6, 6.07) is 15.8. The van der Waals surface area contributed by atoms with Crippen molar-refractivity contribution in [2.45, 2.75) is 25.4 Å². The Balaban J connectivity index is 1.24. The molecular weight excluding hydrogens is 435 g/mol. The highest BCUT2D eigenvalue weighted by Crippen LogP contribution is 2.27. The van der Waals surface area contributed by atoms with Crippen LogP contribution in [-0.4, -0.2) is 63.3 Å². The average Bonchev–Trinajstić information content (AvgIpc) is 3.33. The van der Waals surface area contributed by atoms with Crippen molar-refractivity contribution in [3.63, 3.8) is 0 Å². The molecule has 1 aromatic heterocycles. The molecule has 34 heavy (non-hydrogen) atoms. The summed E-state index contributed by atoms with van der Waals surface area (Å²) in [6.45, 7) is 3.06. The minimum atomic E-state index is -1.05. The molecule has 0 spiro atoms. The number of rotatable bonds is 4. The number of nitrogens with zero attached hydrogens (tertiary/aromatic N) is 3. The number of carbonyl (C=O) groups is 2. The van der Waals surface area contributed by atoms with Gasteiger partial charge in [0.15, 0.2) is 0 Å². The Labute approximate surface area is 197 Å². The molecule has 2 N–H and O–H groups in total. The molecule has 0 radical (unpaired) electrons. The summed E-state index contributed by atoms with van der Waals surface area (Å²) in [5.74, 6) is -0.479. The van der Waals surface area contributed by atoms with Gasteiger partial charge < -0.3 is 20.3 Å².